The van der Waals surface area contributed by atoms with Crippen molar-refractivity contribution in [1.82, 2.24) is 14.4 Å². The number of amides is 2. The van der Waals surface area contributed by atoms with Gasteiger partial charge in [-0.15, -0.1) is 0 Å². The highest BCUT2D eigenvalue weighted by molar-refractivity contribution is 5.92. The highest BCUT2D eigenvalue weighted by Gasteiger charge is 2.31. The first kappa shape index (κ1) is 27.7. The first-order valence-electron chi connectivity index (χ1n) is 14.8. The molecule has 7 rings (SSSR count). The predicted octanol–water partition coefficient (Wildman–Crippen LogP) is 7.07. The lowest BCUT2D eigenvalue weighted by Crippen LogP contribution is -2.51. The van der Waals surface area contributed by atoms with Crippen LogP contribution in [0.5, 0.6) is 5.75 Å². The molecule has 2 amide bonds. The second-order valence-electron chi connectivity index (χ2n) is 11.3. The van der Waals surface area contributed by atoms with Crippen molar-refractivity contribution in [3.05, 3.63) is 125 Å². The van der Waals surface area contributed by atoms with Crippen LogP contribution in [0.15, 0.2) is 97.2 Å². The SMILES string of the molecule is COC(=O)N1CCN(C(=O)Oc2cn(CC3c4ccccc4-c4ccccc43)c3cc(F)cc(Cc4ccccc4)c23)CC1. The summed E-state index contributed by atoms with van der Waals surface area (Å²) in [6, 6.07) is 29.8. The summed E-state index contributed by atoms with van der Waals surface area (Å²) in [7, 11) is 1.34. The molecule has 0 saturated carbocycles. The zero-order valence-corrected chi connectivity index (χ0v) is 24.4. The molecule has 1 aliphatic carbocycles. The van der Waals surface area contributed by atoms with Crippen LogP contribution in [0, 0.1) is 5.82 Å². The maximum absolute atomic E-state index is 15.3. The van der Waals surface area contributed by atoms with Crippen molar-refractivity contribution in [2.45, 2.75) is 18.9 Å². The first-order valence-corrected chi connectivity index (χ1v) is 14.8. The topological polar surface area (TPSA) is 64.0 Å². The van der Waals surface area contributed by atoms with Crippen molar-refractivity contribution >= 4 is 23.1 Å². The summed E-state index contributed by atoms with van der Waals surface area (Å²) < 4.78 is 28.2. The minimum atomic E-state index is -0.500. The van der Waals surface area contributed by atoms with E-state index in [1.165, 1.54) is 41.5 Å². The summed E-state index contributed by atoms with van der Waals surface area (Å²) in [6.07, 6.45) is 1.41. The molecule has 0 radical (unpaired) electrons. The molecule has 1 aliphatic heterocycles. The van der Waals surface area contributed by atoms with E-state index in [-0.39, 0.29) is 11.7 Å². The van der Waals surface area contributed by atoms with Crippen LogP contribution in [0.2, 0.25) is 0 Å². The number of piperazine rings is 1. The third kappa shape index (κ3) is 5.06. The number of methoxy groups -OCH3 is 1. The van der Waals surface area contributed by atoms with Crippen LogP contribution in [0.25, 0.3) is 22.0 Å². The molecule has 222 valence electrons. The van der Waals surface area contributed by atoms with Gasteiger partial charge in [0, 0.05) is 50.2 Å². The summed E-state index contributed by atoms with van der Waals surface area (Å²) in [5, 5.41) is 0.719. The Bertz CT molecular complexity index is 1820. The average Bonchev–Trinajstić information content (AvgIpc) is 3.56. The maximum atomic E-state index is 15.3. The molecule has 1 fully saturated rings. The van der Waals surface area contributed by atoms with Crippen LogP contribution >= 0.6 is 0 Å². The van der Waals surface area contributed by atoms with Crippen molar-refractivity contribution in [2.24, 2.45) is 0 Å². The van der Waals surface area contributed by atoms with Crippen LogP contribution < -0.4 is 4.74 Å². The Morgan fingerprint density at radius 1 is 0.795 bits per heavy atom. The molecule has 7 nitrogen and oxygen atoms in total. The van der Waals surface area contributed by atoms with E-state index in [2.05, 4.69) is 48.5 Å². The first-order chi connectivity index (χ1) is 21.5. The molecule has 2 aliphatic rings. The van der Waals surface area contributed by atoms with Crippen molar-refractivity contribution in [2.75, 3.05) is 33.3 Å². The zero-order chi connectivity index (χ0) is 30.2. The molecule has 1 aromatic heterocycles. The highest BCUT2D eigenvalue weighted by Crippen LogP contribution is 2.46. The van der Waals surface area contributed by atoms with Gasteiger partial charge < -0.3 is 23.8 Å². The molecular formula is C36H32FN3O4. The maximum Gasteiger partial charge on any atom is 0.415 e. The van der Waals surface area contributed by atoms with Crippen molar-refractivity contribution in [1.29, 1.82) is 0 Å². The minimum Gasteiger partial charge on any atom is -0.453 e. The summed E-state index contributed by atoms with van der Waals surface area (Å²) >= 11 is 0. The van der Waals surface area contributed by atoms with Crippen LogP contribution in [0.1, 0.15) is 28.2 Å². The number of benzene rings is 4. The smallest absolute Gasteiger partial charge is 0.415 e. The minimum absolute atomic E-state index is 0.0498. The third-order valence-corrected chi connectivity index (χ3v) is 8.74. The molecule has 0 N–H and O–H groups in total. The van der Waals surface area contributed by atoms with Crippen molar-refractivity contribution in [3.8, 4) is 16.9 Å². The number of nitrogens with zero attached hydrogens (tertiary/aromatic N) is 3. The lowest BCUT2D eigenvalue weighted by molar-refractivity contribution is 0.0870. The molecule has 8 heteroatoms. The van der Waals surface area contributed by atoms with Gasteiger partial charge in [0.15, 0.2) is 5.75 Å². The molecule has 4 aromatic carbocycles. The molecule has 44 heavy (non-hydrogen) atoms. The molecule has 0 atom stereocenters. The summed E-state index contributed by atoms with van der Waals surface area (Å²) in [4.78, 5) is 28.5. The Morgan fingerprint density at radius 2 is 1.39 bits per heavy atom. The van der Waals surface area contributed by atoms with Gasteiger partial charge in [-0.25, -0.2) is 14.0 Å². The molecule has 0 unspecified atom stereocenters. The van der Waals surface area contributed by atoms with Gasteiger partial charge in [0.2, 0.25) is 0 Å². The van der Waals surface area contributed by atoms with Gasteiger partial charge >= 0.3 is 12.2 Å². The van der Waals surface area contributed by atoms with Crippen LogP contribution in [0.4, 0.5) is 14.0 Å². The second-order valence-corrected chi connectivity index (χ2v) is 11.3. The van der Waals surface area contributed by atoms with Crippen molar-refractivity contribution < 1.29 is 23.5 Å². The van der Waals surface area contributed by atoms with Gasteiger partial charge in [-0.1, -0.05) is 78.9 Å². The fraction of sp³-hybridized carbons (Fsp3) is 0.222. The predicted molar refractivity (Wildman–Crippen MR) is 166 cm³/mol. The molecule has 2 heterocycles. The third-order valence-electron chi connectivity index (χ3n) is 8.74. The van der Waals surface area contributed by atoms with E-state index in [0.29, 0.717) is 50.4 Å². The average molecular weight is 590 g/mol. The zero-order valence-electron chi connectivity index (χ0n) is 24.4. The van der Waals surface area contributed by atoms with E-state index in [9.17, 15) is 9.59 Å². The Kier molecular flexibility index (Phi) is 7.26. The van der Waals surface area contributed by atoms with Gasteiger partial charge in [0.25, 0.3) is 0 Å². The van der Waals surface area contributed by atoms with Gasteiger partial charge in [0.05, 0.1) is 12.6 Å². The van der Waals surface area contributed by atoms with Gasteiger partial charge in [0.1, 0.15) is 5.82 Å². The number of fused-ring (bicyclic) bond motifs is 4. The Balaban J connectivity index is 1.27. The number of rotatable bonds is 5. The highest BCUT2D eigenvalue weighted by atomic mass is 19.1. The van der Waals surface area contributed by atoms with Gasteiger partial charge in [-0.2, -0.15) is 0 Å². The number of carbonyl (C=O) groups excluding carboxylic acids is 2. The Morgan fingerprint density at radius 3 is 2.02 bits per heavy atom. The monoisotopic (exact) mass is 589 g/mol. The Hall–Kier alpha value is -5.11. The fourth-order valence-electron chi connectivity index (χ4n) is 6.63. The molecule has 0 spiro atoms. The lowest BCUT2D eigenvalue weighted by Gasteiger charge is -2.33. The van der Waals surface area contributed by atoms with E-state index in [0.717, 1.165) is 16.5 Å². The number of aromatic nitrogens is 1. The molecule has 0 bridgehead atoms. The van der Waals surface area contributed by atoms with Crippen LogP contribution in [-0.2, 0) is 17.7 Å². The number of ether oxygens (including phenoxy) is 2. The van der Waals surface area contributed by atoms with E-state index in [4.69, 9.17) is 9.47 Å². The Labute approximate surface area is 255 Å². The van der Waals surface area contributed by atoms with E-state index in [1.807, 2.05) is 41.1 Å². The standard InChI is InChI=1S/C36H32FN3O4/c1-43-35(41)38-15-17-39(18-16-38)36(42)44-33-23-40(22-31-29-13-7-5-11-27(29)28-12-6-8-14-30(28)31)32-21-26(37)20-25(34(32)33)19-24-9-3-2-4-10-24/h2-14,20-21,23,31H,15-19,22H2,1H3. The number of hydrogen-bond donors (Lipinski definition) is 0. The van der Waals surface area contributed by atoms with Gasteiger partial charge in [-0.05, 0) is 51.9 Å². The van der Waals surface area contributed by atoms with E-state index < -0.39 is 12.2 Å². The largest absolute Gasteiger partial charge is 0.453 e. The van der Waals surface area contributed by atoms with Gasteiger partial charge in [-0.3, -0.25) is 0 Å². The normalized spacial score (nSPS) is 14.4. The molecular weight excluding hydrogens is 557 g/mol. The summed E-state index contributed by atoms with van der Waals surface area (Å²) in [5.41, 5.74) is 7.31. The van der Waals surface area contributed by atoms with Crippen LogP contribution in [0.3, 0.4) is 0 Å². The molecule has 5 aromatic rings. The second kappa shape index (κ2) is 11.5. The van der Waals surface area contributed by atoms with E-state index in [1.54, 1.807) is 9.80 Å². The number of halogens is 1. The van der Waals surface area contributed by atoms with Crippen molar-refractivity contribution in [3.63, 3.8) is 0 Å². The lowest BCUT2D eigenvalue weighted by atomic mass is 9.96. The fourth-order valence-corrected chi connectivity index (χ4v) is 6.63. The molecule has 1 saturated heterocycles. The number of hydrogen-bond acceptors (Lipinski definition) is 4. The van der Waals surface area contributed by atoms with Crippen LogP contribution in [-0.4, -0.2) is 59.8 Å². The number of carbonyl (C=O) groups is 2. The summed E-state index contributed by atoms with van der Waals surface area (Å²) in [5.74, 6) is 0.103. The van der Waals surface area contributed by atoms with E-state index >= 15 is 4.39 Å². The quantitative estimate of drug-likeness (QED) is 0.220. The summed E-state index contributed by atoms with van der Waals surface area (Å²) in [6.45, 7) is 1.92.